The van der Waals surface area contributed by atoms with E-state index in [0.29, 0.717) is 0 Å². The number of aliphatic hydroxyl groups is 1. The summed E-state index contributed by atoms with van der Waals surface area (Å²) >= 11 is 0. The van der Waals surface area contributed by atoms with E-state index in [1.54, 1.807) is 0 Å². The minimum absolute atomic E-state index is 0.202. The highest BCUT2D eigenvalue weighted by molar-refractivity contribution is 5.54. The van der Waals surface area contributed by atoms with Crippen molar-refractivity contribution < 1.29 is 15.0 Å². The van der Waals surface area contributed by atoms with Gasteiger partial charge in [-0.1, -0.05) is 0 Å². The normalized spacial score (nSPS) is 12.2. The molecule has 0 bridgehead atoms. The standard InChI is InChI=1S/C9H11N3O5/c1-5-7(8(10)4-13)2-6(11(14)15)3-9(5)12(16)17/h2-3,8,13H,4,10H2,1H3. The third kappa shape index (κ3) is 2.55. The molecule has 0 spiro atoms. The third-order valence-electron chi connectivity index (χ3n) is 2.41. The average Bonchev–Trinajstić information content (AvgIpc) is 2.27. The fourth-order valence-electron chi connectivity index (χ4n) is 1.48. The van der Waals surface area contributed by atoms with Gasteiger partial charge in [0.15, 0.2) is 0 Å². The van der Waals surface area contributed by atoms with Crippen molar-refractivity contribution in [2.45, 2.75) is 13.0 Å². The quantitative estimate of drug-likeness (QED) is 0.591. The second-order valence-electron chi connectivity index (χ2n) is 3.48. The first-order valence-corrected chi connectivity index (χ1v) is 4.68. The van der Waals surface area contributed by atoms with Crippen molar-refractivity contribution >= 4 is 11.4 Å². The molecule has 0 radical (unpaired) electrons. The monoisotopic (exact) mass is 241 g/mol. The Morgan fingerprint density at radius 1 is 1.35 bits per heavy atom. The van der Waals surface area contributed by atoms with Gasteiger partial charge in [0.05, 0.1) is 28.6 Å². The molecular weight excluding hydrogens is 230 g/mol. The summed E-state index contributed by atoms with van der Waals surface area (Å²) in [5.74, 6) is 0. The summed E-state index contributed by atoms with van der Waals surface area (Å²) in [6, 6.07) is 1.14. The van der Waals surface area contributed by atoms with Gasteiger partial charge in [-0.15, -0.1) is 0 Å². The number of nitro benzene ring substituents is 2. The zero-order chi connectivity index (χ0) is 13.2. The molecule has 3 N–H and O–H groups in total. The van der Waals surface area contributed by atoms with Crippen LogP contribution in [-0.4, -0.2) is 21.6 Å². The van der Waals surface area contributed by atoms with E-state index in [1.807, 2.05) is 0 Å². The van der Waals surface area contributed by atoms with Crippen molar-refractivity contribution in [1.29, 1.82) is 0 Å². The molecule has 0 saturated heterocycles. The van der Waals surface area contributed by atoms with Gasteiger partial charge in [0.2, 0.25) is 0 Å². The van der Waals surface area contributed by atoms with Crippen LogP contribution in [0.4, 0.5) is 11.4 Å². The number of hydrogen-bond acceptors (Lipinski definition) is 6. The summed E-state index contributed by atoms with van der Waals surface area (Å²) in [7, 11) is 0. The molecule has 8 heteroatoms. The number of rotatable bonds is 4. The van der Waals surface area contributed by atoms with Crippen LogP contribution in [0.2, 0.25) is 0 Å². The highest BCUT2D eigenvalue weighted by Crippen LogP contribution is 2.30. The van der Waals surface area contributed by atoms with E-state index >= 15 is 0 Å². The summed E-state index contributed by atoms with van der Waals surface area (Å²) in [6.45, 7) is 0.992. The SMILES string of the molecule is Cc1c(C(N)CO)cc([N+](=O)[O-])cc1[N+](=O)[O-]. The van der Waals surface area contributed by atoms with Crippen LogP contribution in [0.25, 0.3) is 0 Å². The number of aliphatic hydroxyl groups excluding tert-OH is 1. The maximum absolute atomic E-state index is 10.7. The van der Waals surface area contributed by atoms with Crippen LogP contribution in [0.3, 0.4) is 0 Å². The maximum atomic E-state index is 10.7. The van der Waals surface area contributed by atoms with Crippen LogP contribution in [0.5, 0.6) is 0 Å². The Labute approximate surface area is 96.0 Å². The summed E-state index contributed by atoms with van der Waals surface area (Å²) in [6.07, 6.45) is 0. The molecule has 1 aromatic rings. The van der Waals surface area contributed by atoms with Crippen molar-refractivity contribution in [3.8, 4) is 0 Å². The van der Waals surface area contributed by atoms with Crippen LogP contribution >= 0.6 is 0 Å². The molecule has 0 heterocycles. The maximum Gasteiger partial charge on any atom is 0.279 e. The fraction of sp³-hybridized carbons (Fsp3) is 0.333. The third-order valence-corrected chi connectivity index (χ3v) is 2.41. The molecule has 17 heavy (non-hydrogen) atoms. The number of benzene rings is 1. The van der Waals surface area contributed by atoms with Gasteiger partial charge in [-0.3, -0.25) is 20.2 Å². The van der Waals surface area contributed by atoms with Crippen molar-refractivity contribution in [2.24, 2.45) is 5.73 Å². The molecule has 0 aliphatic rings. The molecule has 1 unspecified atom stereocenters. The topological polar surface area (TPSA) is 133 Å². The highest BCUT2D eigenvalue weighted by atomic mass is 16.6. The molecule has 0 aromatic heterocycles. The first-order chi connectivity index (χ1) is 7.88. The van der Waals surface area contributed by atoms with Crippen LogP contribution in [-0.2, 0) is 0 Å². The molecule has 1 atom stereocenters. The zero-order valence-corrected chi connectivity index (χ0v) is 8.99. The minimum atomic E-state index is -0.881. The fourth-order valence-corrected chi connectivity index (χ4v) is 1.48. The lowest BCUT2D eigenvalue weighted by molar-refractivity contribution is -0.394. The lowest BCUT2D eigenvalue weighted by atomic mass is 10.00. The Hall–Kier alpha value is -2.06. The molecule has 1 rings (SSSR count). The lowest BCUT2D eigenvalue weighted by Gasteiger charge is -2.11. The molecule has 0 aliphatic heterocycles. The van der Waals surface area contributed by atoms with Gasteiger partial charge in [0.1, 0.15) is 0 Å². The number of nitro groups is 2. The Bertz CT molecular complexity index is 474. The highest BCUT2D eigenvalue weighted by Gasteiger charge is 2.23. The Morgan fingerprint density at radius 2 is 1.94 bits per heavy atom. The summed E-state index contributed by atoms with van der Waals surface area (Å²) < 4.78 is 0. The predicted octanol–water partition coefficient (Wildman–Crippen LogP) is 0.804. The molecule has 0 saturated carbocycles. The number of nitrogens with zero attached hydrogens (tertiary/aromatic N) is 2. The first kappa shape index (κ1) is 13.0. The molecule has 0 fully saturated rings. The Morgan fingerprint density at radius 3 is 2.35 bits per heavy atom. The number of non-ortho nitro benzene ring substituents is 1. The smallest absolute Gasteiger partial charge is 0.279 e. The second kappa shape index (κ2) is 4.85. The largest absolute Gasteiger partial charge is 0.394 e. The van der Waals surface area contributed by atoms with Gasteiger partial charge in [0, 0.05) is 11.6 Å². The van der Waals surface area contributed by atoms with Gasteiger partial charge in [-0.05, 0) is 12.5 Å². The molecular formula is C9H11N3O5. The van der Waals surface area contributed by atoms with E-state index in [4.69, 9.17) is 10.8 Å². The molecule has 8 nitrogen and oxygen atoms in total. The van der Waals surface area contributed by atoms with Gasteiger partial charge >= 0.3 is 0 Å². The van der Waals surface area contributed by atoms with Crippen LogP contribution in [0.1, 0.15) is 17.2 Å². The van der Waals surface area contributed by atoms with Gasteiger partial charge in [-0.2, -0.15) is 0 Å². The number of nitrogens with two attached hydrogens (primary N) is 1. The van der Waals surface area contributed by atoms with Crippen molar-refractivity contribution in [3.05, 3.63) is 43.5 Å². The molecule has 0 aliphatic carbocycles. The Kier molecular flexibility index (Phi) is 3.71. The summed E-state index contributed by atoms with van der Waals surface area (Å²) in [4.78, 5) is 19.9. The van der Waals surface area contributed by atoms with Gasteiger partial charge < -0.3 is 10.8 Å². The predicted molar refractivity (Wildman–Crippen MR) is 58.5 cm³/mol. The average molecular weight is 241 g/mol. The second-order valence-corrected chi connectivity index (χ2v) is 3.48. The van der Waals surface area contributed by atoms with Crippen molar-refractivity contribution in [3.63, 3.8) is 0 Å². The van der Waals surface area contributed by atoms with E-state index in [9.17, 15) is 20.2 Å². The minimum Gasteiger partial charge on any atom is -0.394 e. The van der Waals surface area contributed by atoms with E-state index in [2.05, 4.69) is 0 Å². The lowest BCUT2D eigenvalue weighted by Crippen LogP contribution is -2.16. The Balaban J connectivity index is 3.48. The molecule has 0 amide bonds. The van der Waals surface area contributed by atoms with Crippen molar-refractivity contribution in [2.75, 3.05) is 6.61 Å². The van der Waals surface area contributed by atoms with Crippen molar-refractivity contribution in [1.82, 2.24) is 0 Å². The summed E-state index contributed by atoms with van der Waals surface area (Å²) in [5, 5.41) is 30.3. The summed E-state index contributed by atoms with van der Waals surface area (Å²) in [5.41, 5.74) is 5.17. The van der Waals surface area contributed by atoms with Crippen LogP contribution < -0.4 is 5.73 Å². The van der Waals surface area contributed by atoms with E-state index in [-0.39, 0.29) is 16.8 Å². The number of hydrogen-bond donors (Lipinski definition) is 2. The molecule has 1 aromatic carbocycles. The van der Waals surface area contributed by atoms with Crippen LogP contribution in [0.15, 0.2) is 12.1 Å². The van der Waals surface area contributed by atoms with Crippen LogP contribution in [0, 0.1) is 27.2 Å². The molecule has 92 valence electrons. The van der Waals surface area contributed by atoms with Gasteiger partial charge in [-0.25, -0.2) is 0 Å². The van der Waals surface area contributed by atoms with E-state index in [0.717, 1.165) is 12.1 Å². The zero-order valence-electron chi connectivity index (χ0n) is 8.99. The first-order valence-electron chi connectivity index (χ1n) is 4.68. The van der Waals surface area contributed by atoms with E-state index in [1.165, 1.54) is 6.92 Å². The van der Waals surface area contributed by atoms with E-state index < -0.39 is 28.2 Å². The van der Waals surface area contributed by atoms with Gasteiger partial charge in [0.25, 0.3) is 11.4 Å².